The molecule has 0 saturated heterocycles. The molecule has 1 heterocycles. The number of aromatic nitrogens is 2. The number of aliphatic hydroxyl groups excluding tert-OH is 1. The van der Waals surface area contributed by atoms with Crippen LogP contribution in [-0.4, -0.2) is 40.6 Å². The van der Waals surface area contributed by atoms with Gasteiger partial charge in [0.25, 0.3) is 5.91 Å². The Kier molecular flexibility index (Phi) is 7.51. The van der Waals surface area contributed by atoms with Gasteiger partial charge in [0.15, 0.2) is 0 Å². The summed E-state index contributed by atoms with van der Waals surface area (Å²) in [5, 5.41) is 19.9. The number of aliphatic hydroxyl groups is 1. The van der Waals surface area contributed by atoms with Crippen LogP contribution in [0.4, 0.5) is 4.39 Å². The molecule has 8 heteroatoms. The monoisotopic (exact) mass is 529 g/mol. The van der Waals surface area contributed by atoms with Crippen LogP contribution in [0.3, 0.4) is 0 Å². The largest absolute Gasteiger partial charge is 0.386 e. The summed E-state index contributed by atoms with van der Waals surface area (Å²) in [5.41, 5.74) is 3.69. The number of rotatable bonds is 8. The van der Waals surface area contributed by atoms with Crippen LogP contribution in [0.2, 0.25) is 5.02 Å². The average Bonchev–Trinajstić information content (AvgIpc) is 3.32. The van der Waals surface area contributed by atoms with E-state index < -0.39 is 12.1 Å². The topological polar surface area (TPSA) is 76.4 Å². The van der Waals surface area contributed by atoms with Crippen molar-refractivity contribution in [3.05, 3.63) is 119 Å². The van der Waals surface area contributed by atoms with E-state index in [0.29, 0.717) is 33.0 Å². The minimum absolute atomic E-state index is 0.119. The van der Waals surface area contributed by atoms with Crippen molar-refractivity contribution in [2.45, 2.75) is 12.1 Å². The minimum Gasteiger partial charge on any atom is -0.386 e. The van der Waals surface area contributed by atoms with E-state index in [1.807, 2.05) is 42.5 Å². The summed E-state index contributed by atoms with van der Waals surface area (Å²) in [6, 6.07) is 27.0. The molecule has 5 rings (SSSR count). The Morgan fingerprint density at radius 1 is 1.03 bits per heavy atom. The smallest absolute Gasteiger partial charge is 0.251 e. The van der Waals surface area contributed by atoms with Crippen molar-refractivity contribution in [3.63, 3.8) is 0 Å². The molecule has 0 bridgehead atoms. The zero-order valence-electron chi connectivity index (χ0n) is 20.5. The van der Waals surface area contributed by atoms with Crippen molar-refractivity contribution in [1.29, 1.82) is 0 Å². The third-order valence-corrected chi connectivity index (χ3v) is 6.66. The molecule has 4 aromatic carbocycles. The summed E-state index contributed by atoms with van der Waals surface area (Å²) in [4.78, 5) is 13.4. The van der Waals surface area contributed by atoms with Crippen LogP contribution < -0.4 is 5.32 Å². The number of nitrogens with one attached hydrogen (secondary N) is 1. The number of benzene rings is 4. The highest BCUT2D eigenvalue weighted by Gasteiger charge is 2.24. The van der Waals surface area contributed by atoms with Crippen LogP contribution in [0.1, 0.15) is 22.0 Å². The molecule has 2 atom stereocenters. The molecule has 0 spiro atoms. The van der Waals surface area contributed by atoms with Crippen molar-refractivity contribution >= 4 is 28.4 Å². The molecule has 1 aromatic heterocycles. The molecule has 0 unspecified atom stereocenters. The molecule has 2 N–H and O–H groups in total. The molecule has 192 valence electrons. The van der Waals surface area contributed by atoms with Crippen LogP contribution in [-0.2, 0) is 4.74 Å². The first-order chi connectivity index (χ1) is 18.5. The van der Waals surface area contributed by atoms with Gasteiger partial charge in [-0.15, -0.1) is 0 Å². The Hall–Kier alpha value is -4.04. The Labute approximate surface area is 224 Å². The summed E-state index contributed by atoms with van der Waals surface area (Å²) in [5.74, 6) is -0.743. The van der Waals surface area contributed by atoms with E-state index >= 15 is 0 Å². The van der Waals surface area contributed by atoms with Gasteiger partial charge in [-0.1, -0.05) is 60.1 Å². The van der Waals surface area contributed by atoms with Crippen molar-refractivity contribution in [1.82, 2.24) is 15.1 Å². The molecule has 6 nitrogen and oxygen atoms in total. The van der Waals surface area contributed by atoms with Crippen LogP contribution in [0, 0.1) is 5.82 Å². The van der Waals surface area contributed by atoms with Gasteiger partial charge >= 0.3 is 0 Å². The number of fused-ring (bicyclic) bond motifs is 1. The molecule has 38 heavy (non-hydrogen) atoms. The SMILES string of the molecule is COC[C@H](NC(=O)c1ccc2c(-c3ccccc3Cl)nn(-c3ccc(F)cc3)c2c1)[C@@H](O)c1ccccc1. The summed E-state index contributed by atoms with van der Waals surface area (Å²) >= 11 is 6.49. The first-order valence-corrected chi connectivity index (χ1v) is 12.4. The fourth-order valence-corrected chi connectivity index (χ4v) is 4.64. The number of hydrogen-bond donors (Lipinski definition) is 2. The minimum atomic E-state index is -0.958. The molecule has 1 amide bonds. The molecule has 0 fully saturated rings. The first-order valence-electron chi connectivity index (χ1n) is 12.0. The molecule has 5 aromatic rings. The number of hydrogen-bond acceptors (Lipinski definition) is 4. The Morgan fingerprint density at radius 3 is 2.45 bits per heavy atom. The first kappa shape index (κ1) is 25.6. The van der Waals surface area contributed by atoms with Crippen molar-refractivity contribution < 1.29 is 19.0 Å². The Balaban J connectivity index is 1.55. The maximum absolute atomic E-state index is 13.7. The highest BCUT2D eigenvalue weighted by molar-refractivity contribution is 6.33. The summed E-state index contributed by atoms with van der Waals surface area (Å²) < 4.78 is 20.6. The number of nitrogens with zero attached hydrogens (tertiary/aromatic N) is 2. The maximum Gasteiger partial charge on any atom is 0.251 e. The molecule has 0 aliphatic heterocycles. The van der Waals surface area contributed by atoms with Crippen LogP contribution in [0.5, 0.6) is 0 Å². The van der Waals surface area contributed by atoms with Gasteiger partial charge in [0.05, 0.1) is 28.9 Å². The summed E-state index contributed by atoms with van der Waals surface area (Å²) in [7, 11) is 1.51. The van der Waals surface area contributed by atoms with Gasteiger partial charge < -0.3 is 15.2 Å². The zero-order chi connectivity index (χ0) is 26.6. The fourth-order valence-electron chi connectivity index (χ4n) is 4.41. The number of carbonyl (C=O) groups excluding carboxylic acids is 1. The van der Waals surface area contributed by atoms with Crippen LogP contribution in [0.15, 0.2) is 97.1 Å². The van der Waals surface area contributed by atoms with Gasteiger partial charge in [-0.2, -0.15) is 5.10 Å². The Morgan fingerprint density at radius 2 is 1.74 bits per heavy atom. The summed E-state index contributed by atoms with van der Waals surface area (Å²) in [6.07, 6.45) is -0.958. The lowest BCUT2D eigenvalue weighted by molar-refractivity contribution is 0.0594. The fraction of sp³-hybridized carbons (Fsp3) is 0.133. The van der Waals surface area contributed by atoms with Gasteiger partial charge in [0, 0.05) is 23.6 Å². The van der Waals surface area contributed by atoms with Gasteiger partial charge in [0.1, 0.15) is 17.6 Å². The van der Waals surface area contributed by atoms with E-state index in [4.69, 9.17) is 21.4 Å². The standard InChI is InChI=1S/C30H25ClFN3O3/c1-38-18-26(29(36)19-7-3-2-4-8-19)33-30(37)20-11-16-24-27(17-20)35(22-14-12-21(32)13-15-22)34-28(24)23-9-5-6-10-25(23)31/h2-17,26,29,36H,18H2,1H3,(H,33,37)/t26-,29-/m0/s1. The molecule has 0 radical (unpaired) electrons. The highest BCUT2D eigenvalue weighted by atomic mass is 35.5. The maximum atomic E-state index is 13.7. The normalized spacial score (nSPS) is 12.8. The molecule has 0 saturated carbocycles. The third-order valence-electron chi connectivity index (χ3n) is 6.33. The summed E-state index contributed by atoms with van der Waals surface area (Å²) in [6.45, 7) is 0.119. The molecule has 0 aliphatic rings. The van der Waals surface area contributed by atoms with Gasteiger partial charge in [-0.05, 0) is 54.1 Å². The van der Waals surface area contributed by atoms with Gasteiger partial charge in [0.2, 0.25) is 0 Å². The van der Waals surface area contributed by atoms with Crippen molar-refractivity contribution in [2.75, 3.05) is 13.7 Å². The second kappa shape index (κ2) is 11.1. The lowest BCUT2D eigenvalue weighted by Crippen LogP contribution is -2.42. The molecular formula is C30H25ClFN3O3. The van der Waals surface area contributed by atoms with E-state index in [0.717, 1.165) is 10.9 Å². The highest BCUT2D eigenvalue weighted by Crippen LogP contribution is 2.34. The van der Waals surface area contributed by atoms with Gasteiger partial charge in [-0.3, -0.25) is 4.79 Å². The predicted molar refractivity (Wildman–Crippen MR) is 146 cm³/mol. The van der Waals surface area contributed by atoms with E-state index in [1.54, 1.807) is 47.1 Å². The van der Waals surface area contributed by atoms with Crippen LogP contribution >= 0.6 is 11.6 Å². The van der Waals surface area contributed by atoms with E-state index in [-0.39, 0.29) is 18.3 Å². The lowest BCUT2D eigenvalue weighted by atomic mass is 10.0. The second-order valence-corrected chi connectivity index (χ2v) is 9.25. The quantitative estimate of drug-likeness (QED) is 0.260. The number of amides is 1. The number of ether oxygens (including phenoxy) is 1. The van der Waals surface area contributed by atoms with Crippen molar-refractivity contribution in [3.8, 4) is 16.9 Å². The molecule has 0 aliphatic carbocycles. The number of methoxy groups -OCH3 is 1. The van der Waals surface area contributed by atoms with Crippen molar-refractivity contribution in [2.24, 2.45) is 0 Å². The lowest BCUT2D eigenvalue weighted by Gasteiger charge is -2.24. The number of halogens is 2. The predicted octanol–water partition coefficient (Wildman–Crippen LogP) is 5.96. The average molecular weight is 530 g/mol. The Bertz CT molecular complexity index is 1570. The van der Waals surface area contributed by atoms with E-state index in [9.17, 15) is 14.3 Å². The zero-order valence-corrected chi connectivity index (χ0v) is 21.3. The van der Waals surface area contributed by atoms with E-state index in [1.165, 1.54) is 19.2 Å². The number of carbonyl (C=O) groups is 1. The van der Waals surface area contributed by atoms with E-state index in [2.05, 4.69) is 5.32 Å². The van der Waals surface area contributed by atoms with Gasteiger partial charge in [-0.25, -0.2) is 9.07 Å². The third kappa shape index (κ3) is 5.17. The molecular weight excluding hydrogens is 505 g/mol. The second-order valence-electron chi connectivity index (χ2n) is 8.84. The van der Waals surface area contributed by atoms with Crippen LogP contribution in [0.25, 0.3) is 27.8 Å².